The van der Waals surface area contributed by atoms with Gasteiger partial charge < -0.3 is 14.8 Å². The van der Waals surface area contributed by atoms with Crippen LogP contribution in [-0.2, 0) is 9.84 Å². The molecule has 1 heterocycles. The van der Waals surface area contributed by atoms with Crippen molar-refractivity contribution in [1.29, 1.82) is 0 Å². The molecule has 1 aliphatic rings. The molecule has 1 aromatic rings. The van der Waals surface area contributed by atoms with Crippen LogP contribution in [0.15, 0.2) is 24.3 Å². The van der Waals surface area contributed by atoms with Crippen LogP contribution in [0.2, 0.25) is 0 Å². The Kier molecular flexibility index (Phi) is 5.25. The molecule has 1 aromatic carbocycles. The Morgan fingerprint density at radius 2 is 1.95 bits per heavy atom. The lowest BCUT2D eigenvalue weighted by Crippen LogP contribution is -2.33. The monoisotopic (exact) mass is 299 g/mol. The molecule has 0 bridgehead atoms. The van der Waals surface area contributed by atoms with Crippen LogP contribution in [0.5, 0.6) is 11.5 Å². The maximum atomic E-state index is 11.3. The lowest BCUT2D eigenvalue weighted by molar-refractivity contribution is 0.273. The van der Waals surface area contributed by atoms with Crippen LogP contribution in [0, 0.1) is 0 Å². The van der Waals surface area contributed by atoms with Crippen LogP contribution in [0.3, 0.4) is 0 Å². The van der Waals surface area contributed by atoms with Crippen molar-refractivity contribution in [2.24, 2.45) is 0 Å². The second kappa shape index (κ2) is 6.95. The summed E-state index contributed by atoms with van der Waals surface area (Å²) in [6, 6.07) is 7.60. The van der Waals surface area contributed by atoms with Crippen molar-refractivity contribution in [1.82, 2.24) is 5.32 Å². The summed E-state index contributed by atoms with van der Waals surface area (Å²) >= 11 is 0. The lowest BCUT2D eigenvalue weighted by Gasteiger charge is -2.13. The summed E-state index contributed by atoms with van der Waals surface area (Å²) < 4.78 is 33.8. The fourth-order valence-corrected chi connectivity index (χ4v) is 3.93. The molecule has 1 atom stereocenters. The van der Waals surface area contributed by atoms with Crippen LogP contribution in [0.1, 0.15) is 13.3 Å². The number of hydrogen-bond acceptors (Lipinski definition) is 5. The van der Waals surface area contributed by atoms with E-state index in [0.29, 0.717) is 31.9 Å². The number of hydrogen-bond donors (Lipinski definition) is 1. The second-order valence-electron chi connectivity index (χ2n) is 4.78. The van der Waals surface area contributed by atoms with Crippen LogP contribution in [0.4, 0.5) is 0 Å². The van der Waals surface area contributed by atoms with E-state index in [1.165, 1.54) is 0 Å². The first kappa shape index (κ1) is 15.1. The lowest BCUT2D eigenvalue weighted by atomic mass is 10.3. The fourth-order valence-electron chi connectivity index (χ4n) is 2.22. The molecule has 20 heavy (non-hydrogen) atoms. The number of ether oxygens (including phenoxy) is 2. The van der Waals surface area contributed by atoms with E-state index in [1.54, 1.807) is 0 Å². The largest absolute Gasteiger partial charge is 0.490 e. The Morgan fingerprint density at radius 3 is 2.55 bits per heavy atom. The summed E-state index contributed by atoms with van der Waals surface area (Å²) in [5.74, 6) is 1.98. The highest BCUT2D eigenvalue weighted by Crippen LogP contribution is 2.26. The minimum Gasteiger partial charge on any atom is -0.490 e. The molecule has 112 valence electrons. The van der Waals surface area contributed by atoms with Crippen molar-refractivity contribution in [3.63, 3.8) is 0 Å². The van der Waals surface area contributed by atoms with Crippen LogP contribution < -0.4 is 14.8 Å². The molecule has 0 aliphatic carbocycles. The average molecular weight is 299 g/mol. The van der Waals surface area contributed by atoms with E-state index in [0.717, 1.165) is 11.5 Å². The summed E-state index contributed by atoms with van der Waals surface area (Å²) in [5.41, 5.74) is 0. The Balaban J connectivity index is 1.74. The number of rotatable bonds is 7. The molecule has 0 aromatic heterocycles. The second-order valence-corrected chi connectivity index (χ2v) is 7.01. The molecule has 0 saturated carbocycles. The zero-order valence-corrected chi connectivity index (χ0v) is 12.5. The summed E-state index contributed by atoms with van der Waals surface area (Å²) in [6.07, 6.45) is 0.692. The van der Waals surface area contributed by atoms with Gasteiger partial charge in [-0.25, -0.2) is 8.42 Å². The molecule has 5 nitrogen and oxygen atoms in total. The zero-order chi connectivity index (χ0) is 14.4. The molecular weight excluding hydrogens is 278 g/mol. The van der Waals surface area contributed by atoms with E-state index in [1.807, 2.05) is 31.2 Å². The van der Waals surface area contributed by atoms with Gasteiger partial charge in [0.25, 0.3) is 0 Å². The quantitative estimate of drug-likeness (QED) is 0.768. The Hall–Kier alpha value is -1.27. The van der Waals surface area contributed by atoms with Gasteiger partial charge in [0.1, 0.15) is 6.61 Å². The maximum Gasteiger partial charge on any atom is 0.161 e. The molecule has 0 amide bonds. The minimum atomic E-state index is -2.82. The zero-order valence-electron chi connectivity index (χ0n) is 11.7. The summed E-state index contributed by atoms with van der Waals surface area (Å²) in [5, 5.41) is 3.21. The van der Waals surface area contributed by atoms with Crippen molar-refractivity contribution in [3.8, 4) is 11.5 Å². The van der Waals surface area contributed by atoms with Gasteiger partial charge in [-0.3, -0.25) is 0 Å². The highest BCUT2D eigenvalue weighted by molar-refractivity contribution is 7.91. The van der Waals surface area contributed by atoms with E-state index in [9.17, 15) is 8.42 Å². The molecule has 1 fully saturated rings. The van der Waals surface area contributed by atoms with Gasteiger partial charge in [0.2, 0.25) is 0 Å². The molecule has 0 spiro atoms. The fraction of sp³-hybridized carbons (Fsp3) is 0.571. The first-order valence-electron chi connectivity index (χ1n) is 6.89. The molecule has 1 aliphatic heterocycles. The standard InChI is InChI=1S/C14H21NO4S/c1-2-18-13-5-3-4-6-14(13)19-9-8-15-12-7-10-20(16,17)11-12/h3-6,12,15H,2,7-11H2,1H3. The number of para-hydroxylation sites is 2. The first-order valence-corrected chi connectivity index (χ1v) is 8.71. The summed E-state index contributed by atoms with van der Waals surface area (Å²) in [7, 11) is -2.82. The third-order valence-corrected chi connectivity index (χ3v) is 4.94. The van der Waals surface area contributed by atoms with Gasteiger partial charge in [0.15, 0.2) is 21.3 Å². The van der Waals surface area contributed by atoms with E-state index in [-0.39, 0.29) is 11.8 Å². The summed E-state index contributed by atoms with van der Waals surface area (Å²) in [4.78, 5) is 0. The van der Waals surface area contributed by atoms with E-state index in [2.05, 4.69) is 5.32 Å². The van der Waals surface area contributed by atoms with Crippen molar-refractivity contribution in [3.05, 3.63) is 24.3 Å². The molecule has 1 N–H and O–H groups in total. The third-order valence-electron chi connectivity index (χ3n) is 3.17. The van der Waals surface area contributed by atoms with Gasteiger partial charge in [-0.05, 0) is 25.5 Å². The highest BCUT2D eigenvalue weighted by atomic mass is 32.2. The number of sulfone groups is 1. The van der Waals surface area contributed by atoms with Crippen molar-refractivity contribution in [2.45, 2.75) is 19.4 Å². The molecule has 0 radical (unpaired) electrons. The van der Waals surface area contributed by atoms with Gasteiger partial charge in [-0.1, -0.05) is 12.1 Å². The maximum absolute atomic E-state index is 11.3. The van der Waals surface area contributed by atoms with Gasteiger partial charge in [0.05, 0.1) is 18.1 Å². The van der Waals surface area contributed by atoms with Crippen molar-refractivity contribution >= 4 is 9.84 Å². The topological polar surface area (TPSA) is 64.6 Å². The molecular formula is C14H21NO4S. The molecule has 6 heteroatoms. The first-order chi connectivity index (χ1) is 9.61. The smallest absolute Gasteiger partial charge is 0.161 e. The van der Waals surface area contributed by atoms with Crippen molar-refractivity contribution < 1.29 is 17.9 Å². The third kappa shape index (κ3) is 4.38. The van der Waals surface area contributed by atoms with Crippen molar-refractivity contribution in [2.75, 3.05) is 31.3 Å². The van der Waals surface area contributed by atoms with E-state index < -0.39 is 9.84 Å². The molecule has 1 saturated heterocycles. The van der Waals surface area contributed by atoms with E-state index >= 15 is 0 Å². The average Bonchev–Trinajstić information content (AvgIpc) is 2.76. The minimum absolute atomic E-state index is 0.0609. The molecule has 2 rings (SSSR count). The molecule has 1 unspecified atom stereocenters. The van der Waals surface area contributed by atoms with Crippen LogP contribution in [-0.4, -0.2) is 45.7 Å². The highest BCUT2D eigenvalue weighted by Gasteiger charge is 2.27. The SMILES string of the molecule is CCOc1ccccc1OCCNC1CCS(=O)(=O)C1. The Bertz CT molecular complexity index is 530. The van der Waals surface area contributed by atoms with Crippen LogP contribution in [0.25, 0.3) is 0 Å². The van der Waals surface area contributed by atoms with Gasteiger partial charge in [-0.2, -0.15) is 0 Å². The van der Waals surface area contributed by atoms with Crippen LogP contribution >= 0.6 is 0 Å². The predicted octanol–water partition coefficient (Wildman–Crippen LogP) is 1.24. The number of nitrogens with one attached hydrogen (secondary N) is 1. The van der Waals surface area contributed by atoms with Gasteiger partial charge >= 0.3 is 0 Å². The summed E-state index contributed by atoms with van der Waals surface area (Å²) in [6.45, 7) is 3.64. The van der Waals surface area contributed by atoms with E-state index in [4.69, 9.17) is 9.47 Å². The Labute approximate surface area is 120 Å². The van der Waals surface area contributed by atoms with Gasteiger partial charge in [0, 0.05) is 12.6 Å². The number of benzene rings is 1. The van der Waals surface area contributed by atoms with Gasteiger partial charge in [-0.15, -0.1) is 0 Å². The Morgan fingerprint density at radius 1 is 1.25 bits per heavy atom. The normalized spacial score (nSPS) is 20.8. The predicted molar refractivity (Wildman–Crippen MR) is 78.2 cm³/mol.